The van der Waals surface area contributed by atoms with E-state index in [2.05, 4.69) is 6.92 Å². The van der Waals surface area contributed by atoms with E-state index in [1.165, 1.54) is 6.92 Å². The molecule has 0 aliphatic heterocycles. The van der Waals surface area contributed by atoms with E-state index in [1.807, 2.05) is 13.8 Å². The van der Waals surface area contributed by atoms with Gasteiger partial charge in [0.1, 0.15) is 11.9 Å². The molecule has 7 unspecified atom stereocenters. The first-order chi connectivity index (χ1) is 12.6. The monoisotopic (exact) mass is 401 g/mol. The minimum Gasteiger partial charge on any atom is -0.481 e. The second kappa shape index (κ2) is 8.77. The van der Waals surface area contributed by atoms with E-state index in [1.54, 1.807) is 0 Å². The van der Waals surface area contributed by atoms with Gasteiger partial charge in [-0.25, -0.2) is 0 Å². The number of Topliss-reactive ketones (excluding diaryl/α,β-unsaturated/α-hetero) is 1. The first-order valence-electron chi connectivity index (χ1n) is 10.5. The van der Waals surface area contributed by atoms with E-state index in [-0.39, 0.29) is 59.2 Å². The molecule has 3 fully saturated rings. The summed E-state index contributed by atoms with van der Waals surface area (Å²) in [5, 5.41) is 9.15. The van der Waals surface area contributed by atoms with E-state index < -0.39 is 11.4 Å². The number of fused-ring (bicyclic) bond motifs is 3. The fourth-order valence-corrected chi connectivity index (χ4v) is 7.12. The van der Waals surface area contributed by atoms with Gasteiger partial charge in [-0.05, 0) is 68.6 Å². The average Bonchev–Trinajstić information content (AvgIpc) is 2.93. The van der Waals surface area contributed by atoms with Gasteiger partial charge in [0.05, 0.1) is 0 Å². The molecule has 153 valence electrons. The molecule has 3 aliphatic rings. The van der Waals surface area contributed by atoms with Crippen LogP contribution in [0.15, 0.2) is 0 Å². The predicted molar refractivity (Wildman–Crippen MR) is 107 cm³/mol. The molecule has 0 amide bonds. The molecule has 0 aromatic rings. The maximum atomic E-state index is 12.8. The van der Waals surface area contributed by atoms with Crippen LogP contribution in [-0.4, -0.2) is 58.5 Å². The standard InChI is InChI=1S/C22H34O5.Na/c1-13(27-14(2)23)16-6-7-17-15-5-8-19(24)22(4,12-10-20(25)26)18(15)9-11-21(16,17)3;/h13,15-18H,5-12H2,1-4H3,(H,25,26);. The molecule has 1 radical (unpaired) electrons. The summed E-state index contributed by atoms with van der Waals surface area (Å²) in [6.07, 6.45) is 6.16. The van der Waals surface area contributed by atoms with Crippen molar-refractivity contribution in [3.63, 3.8) is 0 Å². The Labute approximate surface area is 190 Å². The van der Waals surface area contributed by atoms with Crippen LogP contribution in [0, 0.1) is 34.5 Å². The molecule has 0 aromatic heterocycles. The Morgan fingerprint density at radius 2 is 1.86 bits per heavy atom. The van der Waals surface area contributed by atoms with Crippen LogP contribution in [0.3, 0.4) is 0 Å². The van der Waals surface area contributed by atoms with Crippen LogP contribution in [0.5, 0.6) is 0 Å². The van der Waals surface area contributed by atoms with Crippen molar-refractivity contribution in [3.8, 4) is 0 Å². The van der Waals surface area contributed by atoms with Gasteiger partial charge in [-0.3, -0.25) is 14.4 Å². The number of hydrogen-bond acceptors (Lipinski definition) is 4. The van der Waals surface area contributed by atoms with Crippen molar-refractivity contribution in [2.45, 2.75) is 85.2 Å². The third-order valence-electron chi connectivity index (χ3n) is 8.45. The number of carbonyl (C=O) groups is 3. The number of rotatable bonds is 5. The Hall–Kier alpha value is -0.390. The normalized spacial score (nSPS) is 40.6. The van der Waals surface area contributed by atoms with Crippen LogP contribution in [-0.2, 0) is 19.1 Å². The topological polar surface area (TPSA) is 80.7 Å². The molecule has 3 saturated carbocycles. The van der Waals surface area contributed by atoms with Gasteiger partial charge >= 0.3 is 11.9 Å². The summed E-state index contributed by atoms with van der Waals surface area (Å²) in [6.45, 7) is 7.87. The number of esters is 1. The summed E-state index contributed by atoms with van der Waals surface area (Å²) < 4.78 is 5.55. The summed E-state index contributed by atoms with van der Waals surface area (Å²) in [6, 6.07) is 0. The van der Waals surface area contributed by atoms with Gasteiger partial charge < -0.3 is 9.84 Å². The first-order valence-corrected chi connectivity index (χ1v) is 10.5. The number of carboxylic acids is 1. The van der Waals surface area contributed by atoms with Crippen molar-refractivity contribution in [1.29, 1.82) is 0 Å². The quantitative estimate of drug-likeness (QED) is 0.559. The molecule has 0 spiro atoms. The Kier molecular flexibility index (Phi) is 7.48. The molecule has 28 heavy (non-hydrogen) atoms. The Bertz CT molecular complexity index is 634. The molecule has 0 saturated heterocycles. The number of ketones is 1. The minimum atomic E-state index is -0.817. The summed E-state index contributed by atoms with van der Waals surface area (Å²) in [5.41, 5.74) is -0.355. The Morgan fingerprint density at radius 3 is 2.46 bits per heavy atom. The van der Waals surface area contributed by atoms with Crippen molar-refractivity contribution in [2.75, 3.05) is 0 Å². The molecular formula is C22H34NaO5. The number of ether oxygens (including phenoxy) is 1. The molecule has 1 N–H and O–H groups in total. The van der Waals surface area contributed by atoms with E-state index in [4.69, 9.17) is 9.84 Å². The van der Waals surface area contributed by atoms with Crippen molar-refractivity contribution in [1.82, 2.24) is 0 Å². The molecule has 7 atom stereocenters. The van der Waals surface area contributed by atoms with Gasteiger partial charge in [-0.15, -0.1) is 0 Å². The summed E-state index contributed by atoms with van der Waals surface area (Å²) >= 11 is 0. The zero-order valence-corrected chi connectivity index (χ0v) is 20.1. The van der Waals surface area contributed by atoms with Crippen LogP contribution in [0.1, 0.15) is 79.1 Å². The molecule has 0 bridgehead atoms. The number of hydrogen-bond donors (Lipinski definition) is 1. The first kappa shape index (κ1) is 23.9. The smallest absolute Gasteiger partial charge is 0.303 e. The second-order valence-corrected chi connectivity index (χ2v) is 9.69. The van der Waals surface area contributed by atoms with Gasteiger partial charge in [-0.2, -0.15) is 0 Å². The molecule has 0 heterocycles. The zero-order valence-electron chi connectivity index (χ0n) is 18.1. The van der Waals surface area contributed by atoms with Crippen molar-refractivity contribution < 1.29 is 24.2 Å². The average molecular weight is 401 g/mol. The van der Waals surface area contributed by atoms with Crippen molar-refractivity contribution in [3.05, 3.63) is 0 Å². The van der Waals surface area contributed by atoms with E-state index >= 15 is 0 Å². The van der Waals surface area contributed by atoms with E-state index in [9.17, 15) is 14.4 Å². The Balaban J connectivity index is 0.00000280. The zero-order chi connectivity index (χ0) is 20.0. The fourth-order valence-electron chi connectivity index (χ4n) is 7.12. The van der Waals surface area contributed by atoms with Crippen LogP contribution in [0.25, 0.3) is 0 Å². The summed E-state index contributed by atoms with van der Waals surface area (Å²) in [4.78, 5) is 35.4. The van der Waals surface area contributed by atoms with Gasteiger partial charge in [-0.1, -0.05) is 13.8 Å². The van der Waals surface area contributed by atoms with Gasteiger partial charge in [0.15, 0.2) is 0 Å². The van der Waals surface area contributed by atoms with E-state index in [0.717, 1.165) is 32.1 Å². The van der Waals surface area contributed by atoms with Crippen molar-refractivity contribution >= 4 is 47.3 Å². The van der Waals surface area contributed by atoms with E-state index in [0.29, 0.717) is 36.5 Å². The number of carbonyl (C=O) groups excluding carboxylic acids is 2. The van der Waals surface area contributed by atoms with Crippen molar-refractivity contribution in [2.24, 2.45) is 34.5 Å². The molecule has 3 rings (SSSR count). The maximum Gasteiger partial charge on any atom is 0.303 e. The van der Waals surface area contributed by atoms with Crippen LogP contribution in [0.2, 0.25) is 0 Å². The number of carboxylic acid groups (broad SMARTS) is 1. The third-order valence-corrected chi connectivity index (χ3v) is 8.45. The van der Waals surface area contributed by atoms with Crippen LogP contribution < -0.4 is 0 Å². The van der Waals surface area contributed by atoms with Crippen LogP contribution in [0.4, 0.5) is 0 Å². The molecule has 6 heteroatoms. The predicted octanol–water partition coefficient (Wildman–Crippen LogP) is 3.85. The molecule has 0 aromatic carbocycles. The molecule has 3 aliphatic carbocycles. The summed E-state index contributed by atoms with van der Waals surface area (Å²) in [5.74, 6) is 0.910. The summed E-state index contributed by atoms with van der Waals surface area (Å²) in [7, 11) is 0. The molecule has 5 nitrogen and oxygen atoms in total. The third kappa shape index (κ3) is 4.09. The number of aliphatic carboxylic acids is 1. The Morgan fingerprint density at radius 1 is 1.18 bits per heavy atom. The second-order valence-electron chi connectivity index (χ2n) is 9.69. The van der Waals surface area contributed by atoms with Gasteiger partial charge in [0, 0.05) is 60.7 Å². The SMILES string of the molecule is CC(=O)OC(C)C1CCC2C3CCC(=O)C(C)(CCC(=O)O)C3CCC12C.[Na]. The molecular weight excluding hydrogens is 367 g/mol. The minimum absolute atomic E-state index is 0. The van der Waals surface area contributed by atoms with Gasteiger partial charge in [0.2, 0.25) is 0 Å². The fraction of sp³-hybridized carbons (Fsp3) is 0.864. The van der Waals surface area contributed by atoms with Gasteiger partial charge in [0.25, 0.3) is 0 Å². The maximum absolute atomic E-state index is 12.8. The van der Waals surface area contributed by atoms with Crippen LogP contribution >= 0.6 is 0 Å². The largest absolute Gasteiger partial charge is 0.481 e.